The van der Waals surface area contributed by atoms with Crippen LogP contribution in [-0.2, 0) is 0 Å². The number of hydrogen-bond acceptors (Lipinski definition) is 3. The monoisotopic (exact) mass is 220 g/mol. The number of pyridine rings is 1. The summed E-state index contributed by atoms with van der Waals surface area (Å²) in [6, 6.07) is 4.58. The smallest absolute Gasteiger partial charge is 0.0794 e. The first-order valence-electron chi connectivity index (χ1n) is 5.90. The van der Waals surface area contributed by atoms with Gasteiger partial charge in [0.25, 0.3) is 0 Å². The highest BCUT2D eigenvalue weighted by Crippen LogP contribution is 2.29. The Labute approximate surface area is 97.1 Å². The molecule has 1 aromatic rings. The number of aryl methyl sites for hydroxylation is 1. The molecule has 1 fully saturated rings. The molecule has 1 saturated heterocycles. The summed E-state index contributed by atoms with van der Waals surface area (Å²) in [7, 11) is 0. The number of nitrogens with zero attached hydrogens (tertiary/aromatic N) is 2. The normalized spacial score (nSPS) is 30.5. The third-order valence-corrected chi connectivity index (χ3v) is 3.37. The van der Waals surface area contributed by atoms with E-state index in [1.165, 1.54) is 0 Å². The van der Waals surface area contributed by atoms with Gasteiger partial charge in [0, 0.05) is 18.3 Å². The first-order chi connectivity index (χ1) is 7.48. The maximum Gasteiger partial charge on any atom is 0.0794 e. The number of piperidine rings is 1. The Morgan fingerprint density at radius 3 is 2.88 bits per heavy atom. The highest BCUT2D eigenvalue weighted by Gasteiger charge is 2.32. The van der Waals surface area contributed by atoms with Crippen LogP contribution in [0.15, 0.2) is 18.3 Å². The molecule has 16 heavy (non-hydrogen) atoms. The van der Waals surface area contributed by atoms with Crippen molar-refractivity contribution in [1.82, 2.24) is 4.98 Å². The SMILES string of the molecule is Cc1ccc(N2CC(C)(O)CCC2C)cn1. The molecule has 0 bridgehead atoms. The average molecular weight is 220 g/mol. The first-order valence-corrected chi connectivity index (χ1v) is 5.90. The van der Waals surface area contributed by atoms with Crippen molar-refractivity contribution in [3.8, 4) is 0 Å². The summed E-state index contributed by atoms with van der Waals surface area (Å²) < 4.78 is 0. The topological polar surface area (TPSA) is 36.4 Å². The van der Waals surface area contributed by atoms with Crippen molar-refractivity contribution < 1.29 is 5.11 Å². The lowest BCUT2D eigenvalue weighted by Gasteiger charge is -2.42. The Morgan fingerprint density at radius 2 is 2.25 bits per heavy atom. The van der Waals surface area contributed by atoms with Crippen molar-refractivity contribution in [3.63, 3.8) is 0 Å². The molecule has 2 atom stereocenters. The summed E-state index contributed by atoms with van der Waals surface area (Å²) in [6.45, 7) is 6.79. The number of hydrogen-bond donors (Lipinski definition) is 1. The van der Waals surface area contributed by atoms with Crippen LogP contribution in [0.25, 0.3) is 0 Å². The minimum Gasteiger partial charge on any atom is -0.388 e. The van der Waals surface area contributed by atoms with Crippen molar-refractivity contribution in [2.24, 2.45) is 0 Å². The fourth-order valence-electron chi connectivity index (χ4n) is 2.25. The van der Waals surface area contributed by atoms with E-state index in [-0.39, 0.29) is 0 Å². The lowest BCUT2D eigenvalue weighted by Crippen LogP contribution is -2.50. The third-order valence-electron chi connectivity index (χ3n) is 3.37. The molecule has 2 unspecified atom stereocenters. The predicted octanol–water partition coefficient (Wildman–Crippen LogP) is 2.13. The van der Waals surface area contributed by atoms with E-state index in [1.807, 2.05) is 26.1 Å². The second-order valence-electron chi connectivity index (χ2n) is 5.17. The molecule has 1 N–H and O–H groups in total. The van der Waals surface area contributed by atoms with E-state index in [0.717, 1.165) is 24.2 Å². The van der Waals surface area contributed by atoms with Crippen LogP contribution in [0, 0.1) is 6.92 Å². The first kappa shape index (κ1) is 11.4. The van der Waals surface area contributed by atoms with Crippen LogP contribution < -0.4 is 4.90 Å². The van der Waals surface area contributed by atoms with E-state index in [2.05, 4.69) is 22.9 Å². The number of aliphatic hydroxyl groups is 1. The highest BCUT2D eigenvalue weighted by atomic mass is 16.3. The minimum absolute atomic E-state index is 0.477. The van der Waals surface area contributed by atoms with E-state index in [9.17, 15) is 5.11 Å². The molecule has 0 saturated carbocycles. The Kier molecular flexibility index (Phi) is 2.89. The fourth-order valence-corrected chi connectivity index (χ4v) is 2.25. The maximum atomic E-state index is 10.1. The summed E-state index contributed by atoms with van der Waals surface area (Å²) in [6.07, 6.45) is 3.80. The van der Waals surface area contributed by atoms with E-state index < -0.39 is 5.60 Å². The van der Waals surface area contributed by atoms with Gasteiger partial charge in [-0.2, -0.15) is 0 Å². The van der Waals surface area contributed by atoms with Gasteiger partial charge in [-0.1, -0.05) is 0 Å². The van der Waals surface area contributed by atoms with E-state index in [4.69, 9.17) is 0 Å². The Balaban J connectivity index is 2.21. The fraction of sp³-hybridized carbons (Fsp3) is 0.615. The van der Waals surface area contributed by atoms with Gasteiger partial charge in [0.15, 0.2) is 0 Å². The number of anilines is 1. The standard InChI is InChI=1S/C13H20N2O/c1-10-4-5-12(8-14-10)15-9-13(3,16)7-6-11(15)2/h4-5,8,11,16H,6-7,9H2,1-3H3. The Morgan fingerprint density at radius 1 is 1.50 bits per heavy atom. The van der Waals surface area contributed by atoms with Crippen LogP contribution in [0.2, 0.25) is 0 Å². The molecule has 0 amide bonds. The average Bonchev–Trinajstić information content (AvgIpc) is 2.23. The van der Waals surface area contributed by atoms with Crippen LogP contribution in [-0.4, -0.2) is 28.3 Å². The minimum atomic E-state index is -0.572. The van der Waals surface area contributed by atoms with Crippen molar-refractivity contribution in [3.05, 3.63) is 24.0 Å². The number of aromatic nitrogens is 1. The summed E-state index contributed by atoms with van der Waals surface area (Å²) in [5.41, 5.74) is 1.57. The molecule has 0 aromatic carbocycles. The Hall–Kier alpha value is -1.09. The van der Waals surface area contributed by atoms with Gasteiger partial charge >= 0.3 is 0 Å². The lowest BCUT2D eigenvalue weighted by molar-refractivity contribution is 0.0378. The third kappa shape index (κ3) is 2.35. The largest absolute Gasteiger partial charge is 0.388 e. The second kappa shape index (κ2) is 4.06. The van der Waals surface area contributed by atoms with Gasteiger partial charge in [0.05, 0.1) is 17.5 Å². The molecule has 0 aliphatic carbocycles. The van der Waals surface area contributed by atoms with Crippen LogP contribution in [0.4, 0.5) is 5.69 Å². The van der Waals surface area contributed by atoms with Crippen LogP contribution in [0.1, 0.15) is 32.4 Å². The zero-order chi connectivity index (χ0) is 11.8. The molecule has 0 radical (unpaired) electrons. The van der Waals surface area contributed by atoms with E-state index in [1.54, 1.807) is 0 Å². The van der Waals surface area contributed by atoms with Crippen LogP contribution in [0.3, 0.4) is 0 Å². The summed E-state index contributed by atoms with van der Waals surface area (Å²) in [5.74, 6) is 0. The van der Waals surface area contributed by atoms with Crippen LogP contribution >= 0.6 is 0 Å². The van der Waals surface area contributed by atoms with Crippen molar-refractivity contribution in [2.75, 3.05) is 11.4 Å². The van der Waals surface area contributed by atoms with Crippen molar-refractivity contribution >= 4 is 5.69 Å². The molecule has 0 spiro atoms. The maximum absolute atomic E-state index is 10.1. The zero-order valence-corrected chi connectivity index (χ0v) is 10.3. The Bertz CT molecular complexity index is 359. The van der Waals surface area contributed by atoms with Gasteiger partial charge in [-0.25, -0.2) is 0 Å². The molecule has 3 nitrogen and oxygen atoms in total. The highest BCUT2D eigenvalue weighted by molar-refractivity contribution is 5.46. The summed E-state index contributed by atoms with van der Waals surface area (Å²) >= 11 is 0. The van der Waals surface area contributed by atoms with Gasteiger partial charge in [0.2, 0.25) is 0 Å². The van der Waals surface area contributed by atoms with Crippen molar-refractivity contribution in [2.45, 2.75) is 45.3 Å². The molecule has 1 aliphatic rings. The molecule has 2 rings (SSSR count). The summed E-state index contributed by atoms with van der Waals surface area (Å²) in [4.78, 5) is 6.56. The molecular weight excluding hydrogens is 200 g/mol. The molecule has 1 aromatic heterocycles. The predicted molar refractivity (Wildman–Crippen MR) is 65.6 cm³/mol. The van der Waals surface area contributed by atoms with E-state index >= 15 is 0 Å². The van der Waals surface area contributed by atoms with Crippen molar-refractivity contribution in [1.29, 1.82) is 0 Å². The molecular formula is C13H20N2O. The van der Waals surface area contributed by atoms with Gasteiger partial charge in [-0.3, -0.25) is 4.98 Å². The van der Waals surface area contributed by atoms with E-state index in [0.29, 0.717) is 12.6 Å². The molecule has 88 valence electrons. The summed E-state index contributed by atoms with van der Waals surface area (Å²) in [5, 5.41) is 10.1. The molecule has 2 heterocycles. The van der Waals surface area contributed by atoms with Gasteiger partial charge < -0.3 is 10.0 Å². The number of rotatable bonds is 1. The number of β-amino-alcohol motifs (C(OH)–C–C–N with tert-alkyl or cyclic N) is 1. The van der Waals surface area contributed by atoms with Crippen LogP contribution in [0.5, 0.6) is 0 Å². The van der Waals surface area contributed by atoms with Gasteiger partial charge in [-0.05, 0) is 45.7 Å². The van der Waals surface area contributed by atoms with Gasteiger partial charge in [-0.15, -0.1) is 0 Å². The quantitative estimate of drug-likeness (QED) is 0.787. The zero-order valence-electron chi connectivity index (χ0n) is 10.3. The van der Waals surface area contributed by atoms with Gasteiger partial charge in [0.1, 0.15) is 0 Å². The molecule has 3 heteroatoms. The molecule has 1 aliphatic heterocycles. The lowest BCUT2D eigenvalue weighted by atomic mass is 9.90. The second-order valence-corrected chi connectivity index (χ2v) is 5.17.